The predicted molar refractivity (Wildman–Crippen MR) is 153 cm³/mol. The Hall–Kier alpha value is -3.15. The molecular formula is C28H45N5O6. The van der Waals surface area contributed by atoms with Gasteiger partial charge in [-0.3, -0.25) is 19.8 Å². The van der Waals surface area contributed by atoms with Crippen LogP contribution in [0.1, 0.15) is 75.3 Å². The van der Waals surface area contributed by atoms with Crippen molar-refractivity contribution in [2.75, 3.05) is 36.8 Å². The highest BCUT2D eigenvalue weighted by atomic mass is 16.6. The van der Waals surface area contributed by atoms with Gasteiger partial charge in [0.1, 0.15) is 4.92 Å². The van der Waals surface area contributed by atoms with Gasteiger partial charge in [-0.1, -0.05) is 38.3 Å². The molecule has 1 amide bonds. The summed E-state index contributed by atoms with van der Waals surface area (Å²) < 4.78 is 5.00. The van der Waals surface area contributed by atoms with Gasteiger partial charge in [-0.05, 0) is 75.7 Å². The van der Waals surface area contributed by atoms with Crippen LogP contribution >= 0.6 is 0 Å². The lowest BCUT2D eigenvalue weighted by Gasteiger charge is -2.41. The van der Waals surface area contributed by atoms with E-state index in [1.54, 1.807) is 0 Å². The molecule has 218 valence electrons. The van der Waals surface area contributed by atoms with Crippen molar-refractivity contribution in [1.82, 2.24) is 10.2 Å². The minimum Gasteiger partial charge on any atom is -0.412 e. The van der Waals surface area contributed by atoms with Gasteiger partial charge in [-0.15, -0.1) is 0 Å². The van der Waals surface area contributed by atoms with E-state index < -0.39 is 10.8 Å². The number of likely N-dealkylation sites (tertiary alicyclic amines) is 1. The largest absolute Gasteiger partial charge is 0.433 e. The molecule has 39 heavy (non-hydrogen) atoms. The number of nitrogen functional groups attached to an aromatic ring is 1. The topological polar surface area (TPSA) is 181 Å². The normalized spacial score (nSPS) is 21.9. The van der Waals surface area contributed by atoms with Crippen molar-refractivity contribution in [3.63, 3.8) is 0 Å². The first-order valence-electron chi connectivity index (χ1n) is 13.8. The highest BCUT2D eigenvalue weighted by Gasteiger charge is 2.32. The Morgan fingerprint density at radius 2 is 1.62 bits per heavy atom. The molecule has 1 aliphatic carbocycles. The molecule has 1 saturated carbocycles. The number of nitrogens with one attached hydrogen (secondary N) is 1. The highest BCUT2D eigenvalue weighted by Crippen LogP contribution is 2.28. The van der Waals surface area contributed by atoms with Crippen molar-refractivity contribution in [2.45, 2.75) is 76.8 Å². The van der Waals surface area contributed by atoms with E-state index in [9.17, 15) is 14.9 Å². The zero-order valence-electron chi connectivity index (χ0n) is 22.9. The third-order valence-corrected chi connectivity index (χ3v) is 7.96. The lowest BCUT2D eigenvalue weighted by molar-refractivity contribution is -0.402. The third kappa shape index (κ3) is 8.67. The summed E-state index contributed by atoms with van der Waals surface area (Å²) in [5.41, 5.74) is 8.06. The lowest BCUT2D eigenvalue weighted by Crippen LogP contribution is -2.54. The number of hydrogen-bond acceptors (Lipinski definition) is 7. The number of carbonyl (C=O) groups excluding carboxylic acids is 1. The van der Waals surface area contributed by atoms with Crippen LogP contribution in [0.25, 0.3) is 0 Å². The van der Waals surface area contributed by atoms with Crippen LogP contribution in [0, 0.1) is 16.0 Å². The molecule has 2 aliphatic heterocycles. The standard InChI is InChI=1S/C16H23N3O4.C12H18N2.2H2O/c20-16(14-8-9-15(23-14)19(21)22)17-12-6-2-3-7-13(12)18-10-4-1-5-11-18;1-10-6-8-14(9-7-10)12-5-3-2-4-11(12)13;;/h8-9,12-13H,1-7,10-11H2,(H,17,20);2-5,10H,6-9,13H2,1H3;2*1H2. The molecule has 3 fully saturated rings. The average molecular weight is 548 g/mol. The molecular weight excluding hydrogens is 502 g/mol. The summed E-state index contributed by atoms with van der Waals surface area (Å²) in [5.74, 6) is 0.134. The van der Waals surface area contributed by atoms with Crippen molar-refractivity contribution >= 4 is 23.2 Å². The molecule has 11 heteroatoms. The minimum absolute atomic E-state index is 0. The first kappa shape index (κ1) is 32.1. The number of amides is 1. The second-order valence-corrected chi connectivity index (χ2v) is 10.7. The van der Waals surface area contributed by atoms with Crippen LogP contribution in [0.2, 0.25) is 0 Å². The molecule has 0 radical (unpaired) electrons. The van der Waals surface area contributed by atoms with Gasteiger partial charge in [-0.25, -0.2) is 0 Å². The van der Waals surface area contributed by atoms with E-state index in [1.807, 2.05) is 12.1 Å². The SMILES string of the molecule is CC1CCN(c2ccccc2N)CC1.O.O.O=C(NC1CCCCC1N1CCCCC1)c1ccc([N+](=O)[O-])o1. The lowest BCUT2D eigenvalue weighted by atomic mass is 9.88. The van der Waals surface area contributed by atoms with Gasteiger partial charge >= 0.3 is 5.88 Å². The molecule has 2 unspecified atom stereocenters. The molecule has 5 rings (SSSR count). The summed E-state index contributed by atoms with van der Waals surface area (Å²) in [6, 6.07) is 11.2. The summed E-state index contributed by atoms with van der Waals surface area (Å²) in [7, 11) is 0. The fraction of sp³-hybridized carbons (Fsp3) is 0.607. The van der Waals surface area contributed by atoms with Gasteiger partial charge in [0.2, 0.25) is 0 Å². The van der Waals surface area contributed by atoms with Crippen molar-refractivity contribution in [3.05, 3.63) is 52.3 Å². The summed E-state index contributed by atoms with van der Waals surface area (Å²) in [6.45, 7) is 6.82. The van der Waals surface area contributed by atoms with Crippen LogP contribution in [0.5, 0.6) is 0 Å². The van der Waals surface area contributed by atoms with E-state index in [4.69, 9.17) is 10.2 Å². The maximum atomic E-state index is 12.3. The maximum Gasteiger partial charge on any atom is 0.433 e. The molecule has 1 aromatic heterocycles. The molecule has 2 aromatic rings. The Bertz CT molecular complexity index is 1030. The minimum atomic E-state index is -0.631. The number of hydrogen-bond donors (Lipinski definition) is 2. The van der Waals surface area contributed by atoms with Crippen LogP contribution in [-0.4, -0.2) is 64.9 Å². The van der Waals surface area contributed by atoms with E-state index in [-0.39, 0.29) is 28.7 Å². The number of piperidine rings is 2. The van der Waals surface area contributed by atoms with Gasteiger partial charge < -0.3 is 31.3 Å². The zero-order chi connectivity index (χ0) is 26.2. The number of nitro groups is 1. The fourth-order valence-electron chi connectivity index (χ4n) is 5.78. The van der Waals surface area contributed by atoms with Crippen molar-refractivity contribution in [2.24, 2.45) is 5.92 Å². The number of para-hydroxylation sites is 2. The van der Waals surface area contributed by atoms with E-state index >= 15 is 0 Å². The van der Waals surface area contributed by atoms with Crippen LogP contribution < -0.4 is 16.0 Å². The zero-order valence-corrected chi connectivity index (χ0v) is 22.9. The summed E-state index contributed by atoms with van der Waals surface area (Å²) in [6.07, 6.45) is 10.7. The monoisotopic (exact) mass is 547 g/mol. The van der Waals surface area contributed by atoms with Crippen molar-refractivity contribution in [1.29, 1.82) is 0 Å². The van der Waals surface area contributed by atoms with Gasteiger partial charge in [0.05, 0.1) is 17.4 Å². The second-order valence-electron chi connectivity index (χ2n) is 10.7. The quantitative estimate of drug-likeness (QED) is 0.326. The van der Waals surface area contributed by atoms with Crippen LogP contribution in [-0.2, 0) is 0 Å². The van der Waals surface area contributed by atoms with Crippen molar-refractivity contribution in [3.8, 4) is 0 Å². The summed E-state index contributed by atoms with van der Waals surface area (Å²) >= 11 is 0. The van der Waals surface area contributed by atoms with Crippen LogP contribution in [0.4, 0.5) is 17.3 Å². The van der Waals surface area contributed by atoms with Gasteiger partial charge in [-0.2, -0.15) is 0 Å². The highest BCUT2D eigenvalue weighted by molar-refractivity contribution is 5.92. The maximum absolute atomic E-state index is 12.3. The van der Waals surface area contributed by atoms with Gasteiger partial charge in [0.25, 0.3) is 5.91 Å². The number of carbonyl (C=O) groups is 1. The first-order valence-corrected chi connectivity index (χ1v) is 13.8. The number of rotatable bonds is 5. The number of nitrogens with two attached hydrogens (primary N) is 1. The van der Waals surface area contributed by atoms with E-state index in [1.165, 1.54) is 56.3 Å². The number of anilines is 2. The number of benzene rings is 1. The fourth-order valence-corrected chi connectivity index (χ4v) is 5.78. The summed E-state index contributed by atoms with van der Waals surface area (Å²) in [4.78, 5) is 27.3. The first-order chi connectivity index (χ1) is 17.9. The Morgan fingerprint density at radius 1 is 0.949 bits per heavy atom. The Morgan fingerprint density at radius 3 is 2.26 bits per heavy atom. The molecule has 2 atom stereocenters. The average Bonchev–Trinajstić information content (AvgIpc) is 3.42. The Labute approximate surface area is 230 Å². The van der Waals surface area contributed by atoms with E-state index in [0.717, 1.165) is 57.0 Å². The molecule has 3 aliphatic rings. The van der Waals surface area contributed by atoms with Crippen molar-refractivity contribution < 1.29 is 25.1 Å². The van der Waals surface area contributed by atoms with E-state index in [0.29, 0.717) is 6.04 Å². The van der Waals surface area contributed by atoms with Gasteiger partial charge in [0, 0.05) is 25.2 Å². The number of furan rings is 1. The van der Waals surface area contributed by atoms with Gasteiger partial charge in [0.15, 0.2) is 5.76 Å². The smallest absolute Gasteiger partial charge is 0.412 e. The molecule has 0 bridgehead atoms. The molecule has 0 spiro atoms. The summed E-state index contributed by atoms with van der Waals surface area (Å²) in [5, 5.41) is 13.7. The Kier molecular flexibility index (Phi) is 12.7. The predicted octanol–water partition coefficient (Wildman–Crippen LogP) is 3.57. The Balaban J connectivity index is 0.000000288. The van der Waals surface area contributed by atoms with Crippen LogP contribution in [0.3, 0.4) is 0 Å². The van der Waals surface area contributed by atoms with E-state index in [2.05, 4.69) is 34.2 Å². The molecule has 1 aromatic carbocycles. The molecule has 11 nitrogen and oxygen atoms in total. The molecule has 7 N–H and O–H groups in total. The third-order valence-electron chi connectivity index (χ3n) is 7.96. The second kappa shape index (κ2) is 15.4. The number of nitrogens with zero attached hydrogens (tertiary/aromatic N) is 3. The van der Waals surface area contributed by atoms with Crippen LogP contribution in [0.15, 0.2) is 40.8 Å². The molecule has 2 saturated heterocycles. The molecule has 3 heterocycles.